The second-order valence-corrected chi connectivity index (χ2v) is 12.2. The summed E-state index contributed by atoms with van der Waals surface area (Å²) < 4.78 is 29.5. The first-order valence-corrected chi connectivity index (χ1v) is 17.6. The van der Waals surface area contributed by atoms with Gasteiger partial charge >= 0.3 is 5.97 Å². The second kappa shape index (κ2) is 23.1. The monoisotopic (exact) mass is 697 g/mol. The minimum absolute atomic E-state index is 0.0204. The molecule has 3 rings (SSSR count). The zero-order valence-corrected chi connectivity index (χ0v) is 28.4. The number of nitrogens with zero attached hydrogens (tertiary/aromatic N) is 1. The van der Waals surface area contributed by atoms with Gasteiger partial charge in [0.1, 0.15) is 12.6 Å². The molecule has 0 aliphatic rings. The number of halogens is 1. The van der Waals surface area contributed by atoms with Gasteiger partial charge in [0.25, 0.3) is 14.4 Å². The van der Waals surface area contributed by atoms with E-state index in [4.69, 9.17) is 19.3 Å². The van der Waals surface area contributed by atoms with E-state index in [9.17, 15) is 23.6 Å². The number of nitrogens with two attached hydrogens (primary N) is 1. The van der Waals surface area contributed by atoms with Crippen molar-refractivity contribution in [2.75, 3.05) is 19.7 Å². The van der Waals surface area contributed by atoms with Gasteiger partial charge in [0, 0.05) is 32.1 Å². The van der Waals surface area contributed by atoms with Crippen LogP contribution in [0.2, 0.25) is 0 Å². The third-order valence-corrected chi connectivity index (χ3v) is 7.99. The zero-order chi connectivity index (χ0) is 35.1. The first kappa shape index (κ1) is 39.2. The average Bonchev–Trinajstić information content (AvgIpc) is 3.12. The van der Waals surface area contributed by atoms with Gasteiger partial charge in [0.15, 0.2) is 0 Å². The molecule has 2 aromatic carbocycles. The van der Waals surface area contributed by atoms with Crippen LogP contribution in [0.3, 0.4) is 0 Å². The van der Waals surface area contributed by atoms with Gasteiger partial charge in [-0.05, 0) is 55.4 Å². The number of nitrogens with one attached hydrogen (secondary N) is 3. The normalized spacial score (nSPS) is 12.0. The summed E-state index contributed by atoms with van der Waals surface area (Å²) in [5, 5.41) is 8.28. The molecule has 0 fully saturated rings. The van der Waals surface area contributed by atoms with E-state index < -0.39 is 26.5 Å². The number of amides is 3. The summed E-state index contributed by atoms with van der Waals surface area (Å²) in [5.41, 5.74) is 7.97. The molecule has 264 valence electrons. The Labute approximate surface area is 287 Å². The fourth-order valence-corrected chi connectivity index (χ4v) is 5.13. The summed E-state index contributed by atoms with van der Waals surface area (Å²) in [5.74, 6) is -2.22. The molecule has 49 heavy (non-hydrogen) atoms. The van der Waals surface area contributed by atoms with E-state index in [1.807, 2.05) is 60.7 Å². The molecule has 12 nitrogen and oxygen atoms in total. The molecule has 1 heterocycles. The average molecular weight is 698 g/mol. The van der Waals surface area contributed by atoms with Crippen LogP contribution in [-0.2, 0) is 41.4 Å². The lowest BCUT2D eigenvalue weighted by Gasteiger charge is -2.18. The number of aromatic nitrogens is 1. The van der Waals surface area contributed by atoms with E-state index in [-0.39, 0.29) is 49.2 Å². The molecule has 1 aromatic heterocycles. The Kier molecular flexibility index (Phi) is 18.5. The standard InChI is InChI=1S/C35H45FN5O7P/c36-31-19-17-29(24-40-31)34(44)39-22-9-3-8-16-33(43)41-30(35(45)46-25-27-12-4-1-5-13-27)18-20-32(42)38-21-10-11-23-47-49(37)48-26-28-14-6-2-7-15-28/h1-2,4-7,12-15,17,19,24,30H,3,8-11,16,18,20-23,25-26,37H2,(H,38,42)(H,39,44)(H,41,43). The Balaban J connectivity index is 1.32. The van der Waals surface area contributed by atoms with E-state index in [0.29, 0.717) is 58.4 Å². The highest BCUT2D eigenvalue weighted by Crippen LogP contribution is 2.30. The molecule has 3 amide bonds. The molecule has 14 heteroatoms. The van der Waals surface area contributed by atoms with Crippen LogP contribution >= 0.6 is 8.53 Å². The molecule has 0 bridgehead atoms. The van der Waals surface area contributed by atoms with Crippen molar-refractivity contribution in [3.05, 3.63) is 102 Å². The number of benzene rings is 2. The molecule has 0 aliphatic carbocycles. The van der Waals surface area contributed by atoms with Gasteiger partial charge < -0.3 is 29.7 Å². The predicted molar refractivity (Wildman–Crippen MR) is 183 cm³/mol. The van der Waals surface area contributed by atoms with Crippen molar-refractivity contribution in [2.45, 2.75) is 70.6 Å². The predicted octanol–water partition coefficient (Wildman–Crippen LogP) is 4.83. The molecule has 0 saturated carbocycles. The third kappa shape index (κ3) is 17.1. The van der Waals surface area contributed by atoms with Crippen molar-refractivity contribution in [2.24, 2.45) is 5.50 Å². The van der Waals surface area contributed by atoms with Crippen LogP contribution in [0, 0.1) is 5.95 Å². The van der Waals surface area contributed by atoms with E-state index in [1.165, 1.54) is 12.3 Å². The molecular weight excluding hydrogens is 652 g/mol. The molecule has 2 unspecified atom stereocenters. The number of pyridine rings is 1. The Hall–Kier alpha value is -4.29. The number of hydrogen-bond acceptors (Lipinski definition) is 9. The van der Waals surface area contributed by atoms with Gasteiger partial charge in [0.05, 0.1) is 18.8 Å². The number of esters is 1. The topological polar surface area (TPSA) is 171 Å². The number of carbonyl (C=O) groups excluding carboxylic acids is 4. The second-order valence-electron chi connectivity index (χ2n) is 11.1. The van der Waals surface area contributed by atoms with Gasteiger partial charge in [-0.2, -0.15) is 4.39 Å². The molecule has 2 atom stereocenters. The van der Waals surface area contributed by atoms with Crippen molar-refractivity contribution in [1.82, 2.24) is 20.9 Å². The smallest absolute Gasteiger partial charge is 0.328 e. The minimum Gasteiger partial charge on any atom is -0.459 e. The molecule has 3 aromatic rings. The summed E-state index contributed by atoms with van der Waals surface area (Å²) in [6.45, 7) is 1.62. The molecule has 0 aliphatic heterocycles. The Morgan fingerprint density at radius 2 is 1.43 bits per heavy atom. The maximum absolute atomic E-state index is 12.9. The maximum atomic E-state index is 12.9. The quantitative estimate of drug-likeness (QED) is 0.0469. The summed E-state index contributed by atoms with van der Waals surface area (Å²) in [4.78, 5) is 53.7. The van der Waals surface area contributed by atoms with Gasteiger partial charge in [-0.1, -0.05) is 67.1 Å². The molecule has 0 radical (unpaired) electrons. The lowest BCUT2D eigenvalue weighted by atomic mass is 10.1. The SMILES string of the molecule is NP(OCCCCNC(=O)CCC(NC(=O)CCCCCNC(=O)c1ccc(F)nc1)C(=O)OCc1ccccc1)OCc1ccccc1. The van der Waals surface area contributed by atoms with Crippen molar-refractivity contribution in [1.29, 1.82) is 0 Å². The molecule has 0 saturated heterocycles. The number of unbranched alkanes of at least 4 members (excludes halogenated alkanes) is 3. The Bertz CT molecular complexity index is 1420. The van der Waals surface area contributed by atoms with Crippen LogP contribution in [0.4, 0.5) is 4.39 Å². The highest BCUT2D eigenvalue weighted by Gasteiger charge is 2.23. The summed E-state index contributed by atoms with van der Waals surface area (Å²) in [6.07, 6.45) is 4.57. The summed E-state index contributed by atoms with van der Waals surface area (Å²) >= 11 is 0. The largest absolute Gasteiger partial charge is 0.459 e. The molecule has 5 N–H and O–H groups in total. The van der Waals surface area contributed by atoms with Crippen LogP contribution < -0.4 is 21.5 Å². The van der Waals surface area contributed by atoms with Gasteiger partial charge in [-0.3, -0.25) is 19.9 Å². The third-order valence-electron chi connectivity index (χ3n) is 7.17. The first-order chi connectivity index (χ1) is 23.8. The highest BCUT2D eigenvalue weighted by atomic mass is 31.2. The maximum Gasteiger partial charge on any atom is 0.328 e. The fraction of sp³-hybridized carbons (Fsp3) is 0.400. The van der Waals surface area contributed by atoms with E-state index in [0.717, 1.165) is 17.2 Å². The Morgan fingerprint density at radius 3 is 2.12 bits per heavy atom. The first-order valence-electron chi connectivity index (χ1n) is 16.3. The summed E-state index contributed by atoms with van der Waals surface area (Å²) in [7, 11) is -1.49. The zero-order valence-electron chi connectivity index (χ0n) is 27.5. The summed E-state index contributed by atoms with van der Waals surface area (Å²) in [6, 6.07) is 20.3. The number of hydrogen-bond donors (Lipinski definition) is 4. The van der Waals surface area contributed by atoms with Gasteiger partial charge in [-0.25, -0.2) is 9.78 Å². The Morgan fingerprint density at radius 1 is 0.755 bits per heavy atom. The van der Waals surface area contributed by atoms with Crippen molar-refractivity contribution in [3.8, 4) is 0 Å². The number of carbonyl (C=O) groups is 4. The minimum atomic E-state index is -1.49. The number of ether oxygens (including phenoxy) is 1. The molecular formula is C35H45FN5O7P. The van der Waals surface area contributed by atoms with Crippen LogP contribution in [0.5, 0.6) is 0 Å². The van der Waals surface area contributed by atoms with Gasteiger partial charge in [0.2, 0.25) is 17.8 Å². The van der Waals surface area contributed by atoms with Crippen molar-refractivity contribution < 1.29 is 37.4 Å². The van der Waals surface area contributed by atoms with Crippen molar-refractivity contribution in [3.63, 3.8) is 0 Å². The van der Waals surface area contributed by atoms with E-state index >= 15 is 0 Å². The lowest BCUT2D eigenvalue weighted by molar-refractivity contribution is -0.149. The highest BCUT2D eigenvalue weighted by molar-refractivity contribution is 7.44. The van der Waals surface area contributed by atoms with E-state index in [2.05, 4.69) is 20.9 Å². The van der Waals surface area contributed by atoms with Crippen LogP contribution in [-0.4, -0.2) is 54.4 Å². The van der Waals surface area contributed by atoms with E-state index in [1.54, 1.807) is 0 Å². The van der Waals surface area contributed by atoms with Crippen LogP contribution in [0.1, 0.15) is 72.9 Å². The molecule has 0 spiro atoms. The van der Waals surface area contributed by atoms with Crippen LogP contribution in [0.25, 0.3) is 0 Å². The lowest BCUT2D eigenvalue weighted by Crippen LogP contribution is -2.42. The van der Waals surface area contributed by atoms with Crippen molar-refractivity contribution >= 4 is 32.2 Å². The fourth-order valence-electron chi connectivity index (χ4n) is 4.47. The van der Waals surface area contributed by atoms with Crippen LogP contribution in [0.15, 0.2) is 79.0 Å². The van der Waals surface area contributed by atoms with Gasteiger partial charge in [-0.15, -0.1) is 0 Å². The number of rotatable bonds is 23.